The van der Waals surface area contributed by atoms with Crippen LogP contribution >= 0.6 is 0 Å². The quantitative estimate of drug-likeness (QED) is 0.370. The number of hydrogen-bond donors (Lipinski definition) is 0. The van der Waals surface area contributed by atoms with E-state index in [-0.39, 0.29) is 6.54 Å². The Labute approximate surface area is 37.5 Å². The van der Waals surface area contributed by atoms with Crippen LogP contribution < -0.4 is 0 Å². The molecular formula is C3H7NO2. The minimum Gasteiger partial charge on any atom is -0.265 e. The zero-order valence-electron chi connectivity index (χ0n) is 4.55. The third-order valence-corrected chi connectivity index (χ3v) is 0.332. The van der Waals surface area contributed by atoms with E-state index >= 15 is 0 Å². The highest BCUT2D eigenvalue weighted by Crippen LogP contribution is 1.72. The van der Waals surface area contributed by atoms with Crippen molar-refractivity contribution < 1.29 is 6.29 Å². The lowest BCUT2D eigenvalue weighted by molar-refractivity contribution is -0.479. The molecule has 0 aromatic rings. The van der Waals surface area contributed by atoms with E-state index in [9.17, 15) is 10.1 Å². The molecular weight excluding hydrogens is 82.0 g/mol. The van der Waals surface area contributed by atoms with E-state index in [1.165, 1.54) is 6.92 Å². The van der Waals surface area contributed by atoms with Crippen molar-refractivity contribution in [2.24, 2.45) is 0 Å². The normalized spacial score (nSPS) is 15.8. The van der Waals surface area contributed by atoms with Gasteiger partial charge in [0.1, 0.15) is 0 Å². The van der Waals surface area contributed by atoms with Crippen LogP contribution in [0, 0.1) is 10.1 Å². The maximum Gasteiger partial charge on any atom is 0.203 e. The van der Waals surface area contributed by atoms with Gasteiger partial charge in [0.2, 0.25) is 6.54 Å². The summed E-state index contributed by atoms with van der Waals surface area (Å²) in [6.07, 6.45) is -0.574. The molecule has 0 aliphatic carbocycles. The van der Waals surface area contributed by atoms with Crippen molar-refractivity contribution in [1.82, 2.24) is 0 Å². The maximum absolute atomic E-state index is 9.50. The lowest BCUT2D eigenvalue weighted by Gasteiger charge is -1.80. The maximum atomic E-state index is 9.50. The summed E-state index contributed by atoms with van der Waals surface area (Å²) in [6, 6.07) is 0. The van der Waals surface area contributed by atoms with Crippen LogP contribution in [0.4, 0.5) is 0 Å². The van der Waals surface area contributed by atoms with Crippen LogP contribution in [-0.2, 0) is 0 Å². The molecule has 1 atom stereocenters. The van der Waals surface area contributed by atoms with Gasteiger partial charge >= 0.3 is 0 Å². The number of rotatable bonds is 2. The molecule has 36 valence electrons. The predicted molar refractivity (Wildman–Crippen MR) is 22.2 cm³/mol. The standard InChI is InChI=1S/C3H7NO2/c1-2-3-4(5)6/h2-3H2,1H3/i2T. The van der Waals surface area contributed by atoms with Gasteiger partial charge in [0, 0.05) is 12.7 Å². The highest BCUT2D eigenvalue weighted by molar-refractivity contribution is 4.18. The summed E-state index contributed by atoms with van der Waals surface area (Å²) in [7, 11) is 0. The molecule has 6 heavy (non-hydrogen) atoms. The van der Waals surface area contributed by atoms with Crippen LogP contribution in [0.25, 0.3) is 0 Å². The van der Waals surface area contributed by atoms with Crippen LogP contribution in [0.2, 0.25) is 0 Å². The van der Waals surface area contributed by atoms with Gasteiger partial charge in [-0.1, -0.05) is 6.92 Å². The van der Waals surface area contributed by atoms with Crippen LogP contribution in [0.1, 0.15) is 14.7 Å². The second kappa shape index (κ2) is 2.63. The molecule has 0 aromatic heterocycles. The Morgan fingerprint density at radius 1 is 2.17 bits per heavy atom. The first-order valence-electron chi connectivity index (χ1n) is 2.24. The minimum absolute atomic E-state index is 0.250. The van der Waals surface area contributed by atoms with Crippen molar-refractivity contribution >= 4 is 0 Å². The second-order valence-electron chi connectivity index (χ2n) is 0.924. The first-order valence-corrected chi connectivity index (χ1v) is 1.67. The van der Waals surface area contributed by atoms with Crippen LogP contribution in [0.15, 0.2) is 0 Å². The van der Waals surface area contributed by atoms with Crippen molar-refractivity contribution in [3.63, 3.8) is 0 Å². The van der Waals surface area contributed by atoms with Crippen molar-refractivity contribution in [3.05, 3.63) is 10.1 Å². The Kier molecular flexibility index (Phi) is 1.57. The second-order valence-corrected chi connectivity index (χ2v) is 0.924. The Hall–Kier alpha value is -0.600. The van der Waals surface area contributed by atoms with Gasteiger partial charge in [-0.05, 0) is 0 Å². The smallest absolute Gasteiger partial charge is 0.203 e. The molecule has 0 aliphatic heterocycles. The van der Waals surface area contributed by atoms with Gasteiger partial charge in [-0.3, -0.25) is 10.1 Å². The molecule has 0 N–H and O–H groups in total. The Morgan fingerprint density at radius 3 is 2.67 bits per heavy atom. The monoisotopic (exact) mass is 91.1 g/mol. The van der Waals surface area contributed by atoms with Gasteiger partial charge in [0.25, 0.3) is 0 Å². The summed E-state index contributed by atoms with van der Waals surface area (Å²) in [4.78, 5) is 9.01. The number of nitrogens with zero attached hydrogens (tertiary/aromatic N) is 1. The fourth-order valence-electron chi connectivity index (χ4n) is 0.149. The van der Waals surface area contributed by atoms with E-state index in [2.05, 4.69) is 0 Å². The van der Waals surface area contributed by atoms with Gasteiger partial charge < -0.3 is 0 Å². The third kappa shape index (κ3) is 3.40. The molecule has 0 aliphatic rings. The first kappa shape index (κ1) is 3.59. The molecule has 0 spiro atoms. The Bertz CT molecular complexity index is 73.3. The zero-order valence-corrected chi connectivity index (χ0v) is 3.55. The fourth-order valence-corrected chi connectivity index (χ4v) is 0.149. The van der Waals surface area contributed by atoms with Gasteiger partial charge in [0.05, 0.1) is 0 Å². The average molecular weight is 91.1 g/mol. The fraction of sp³-hybridized carbons (Fsp3) is 1.00. The van der Waals surface area contributed by atoms with E-state index in [1.807, 2.05) is 0 Å². The number of hydrogen-bond acceptors (Lipinski definition) is 2. The summed E-state index contributed by atoms with van der Waals surface area (Å²) >= 11 is 0. The molecule has 0 fully saturated rings. The SMILES string of the molecule is [3H]C(C)C[N+](=O)[O-]. The molecule has 0 rings (SSSR count). The summed E-state index contributed by atoms with van der Waals surface area (Å²) < 4.78 is 6.67. The average Bonchev–Trinajstić information content (AvgIpc) is 1.27. The van der Waals surface area contributed by atoms with Crippen LogP contribution in [0.5, 0.6) is 0 Å². The highest BCUT2D eigenvalue weighted by Gasteiger charge is 1.85. The van der Waals surface area contributed by atoms with E-state index in [0.717, 1.165) is 0 Å². The Balaban J connectivity index is 3.13. The van der Waals surface area contributed by atoms with Crippen molar-refractivity contribution in [3.8, 4) is 0 Å². The van der Waals surface area contributed by atoms with Gasteiger partial charge in [-0.25, -0.2) is 0 Å². The number of nitro groups is 1. The molecule has 0 saturated carbocycles. The largest absolute Gasteiger partial charge is 0.265 e. The molecule has 0 aromatic carbocycles. The molecule has 0 saturated heterocycles. The van der Waals surface area contributed by atoms with Crippen molar-refractivity contribution in [2.75, 3.05) is 6.54 Å². The van der Waals surface area contributed by atoms with Gasteiger partial charge in [-0.15, -0.1) is 0 Å². The van der Waals surface area contributed by atoms with E-state index in [4.69, 9.17) is 1.37 Å². The summed E-state index contributed by atoms with van der Waals surface area (Å²) in [6.45, 7) is 1.24. The predicted octanol–water partition coefficient (Wildman–Crippen LogP) is 0.673. The van der Waals surface area contributed by atoms with E-state index < -0.39 is 11.3 Å². The first-order chi connectivity index (χ1) is 3.13. The lowest BCUT2D eigenvalue weighted by atomic mass is 10.5. The molecule has 0 bridgehead atoms. The molecule has 0 heterocycles. The third-order valence-electron chi connectivity index (χ3n) is 0.332. The van der Waals surface area contributed by atoms with E-state index in [0.29, 0.717) is 0 Å². The minimum atomic E-state index is -0.574. The van der Waals surface area contributed by atoms with E-state index in [1.54, 1.807) is 0 Å². The van der Waals surface area contributed by atoms with Crippen LogP contribution in [-0.4, -0.2) is 11.5 Å². The van der Waals surface area contributed by atoms with Gasteiger partial charge in [0.15, 0.2) is 0 Å². The van der Waals surface area contributed by atoms with Crippen molar-refractivity contribution in [1.29, 1.82) is 0 Å². The zero-order chi connectivity index (χ0) is 5.86. The summed E-state index contributed by atoms with van der Waals surface area (Å²) in [5.41, 5.74) is 0. The van der Waals surface area contributed by atoms with Crippen LogP contribution in [0.3, 0.4) is 0 Å². The highest BCUT2D eigenvalue weighted by atomic mass is 16.6. The molecule has 3 nitrogen and oxygen atoms in total. The topological polar surface area (TPSA) is 43.1 Å². The Morgan fingerprint density at radius 2 is 2.67 bits per heavy atom. The summed E-state index contributed by atoms with van der Waals surface area (Å²) in [5, 5.41) is 9.50. The lowest BCUT2D eigenvalue weighted by Crippen LogP contribution is -1.96. The molecule has 3 heteroatoms. The molecule has 1 unspecified atom stereocenters. The van der Waals surface area contributed by atoms with Crippen molar-refractivity contribution in [2.45, 2.75) is 13.3 Å². The summed E-state index contributed by atoms with van der Waals surface area (Å²) in [5.74, 6) is 0. The van der Waals surface area contributed by atoms with Gasteiger partial charge in [-0.2, -0.15) is 0 Å². The molecule has 0 amide bonds. The molecule has 0 radical (unpaired) electrons.